The van der Waals surface area contributed by atoms with Crippen LogP contribution in [0, 0.1) is 0 Å². The number of rotatable bonds is 7. The Morgan fingerprint density at radius 2 is 1.33 bits per heavy atom. The first-order valence-electron chi connectivity index (χ1n) is 5.94. The first-order chi connectivity index (χ1) is 8.04. The molecule has 0 radical (unpaired) electrons. The Balaban J connectivity index is 0. The Morgan fingerprint density at radius 3 is 1.67 bits per heavy atom. The van der Waals surface area contributed by atoms with Crippen molar-refractivity contribution >= 4 is 7.32 Å². The lowest BCUT2D eigenvalue weighted by atomic mass is 9.89. The van der Waals surface area contributed by atoms with E-state index in [0.717, 1.165) is 19.4 Å². The van der Waals surface area contributed by atoms with Crippen LogP contribution in [0.15, 0.2) is 0 Å². The van der Waals surface area contributed by atoms with Gasteiger partial charge in [-0.25, -0.2) is 0 Å². The largest absolute Gasteiger partial charge is 0.631 e. The van der Waals surface area contributed by atoms with Crippen molar-refractivity contribution in [1.82, 2.24) is 0 Å². The molecule has 6 nitrogen and oxygen atoms in total. The minimum Gasteiger partial charge on any atom is -0.402 e. The number of hydrogen-bond acceptors (Lipinski definition) is 6. The lowest BCUT2D eigenvalue weighted by Gasteiger charge is -2.37. The molecule has 4 N–H and O–H groups in total. The van der Waals surface area contributed by atoms with Crippen molar-refractivity contribution in [2.75, 3.05) is 20.3 Å². The second-order valence-electron chi connectivity index (χ2n) is 4.96. The molecular formula is C11H27BO6. The van der Waals surface area contributed by atoms with Gasteiger partial charge in [-0.15, -0.1) is 0 Å². The molecule has 0 aliphatic rings. The fraction of sp³-hybridized carbons (Fsp3) is 1.00. The summed E-state index contributed by atoms with van der Waals surface area (Å²) < 4.78 is 10.6. The second-order valence-corrected chi connectivity index (χ2v) is 4.96. The van der Waals surface area contributed by atoms with Crippen LogP contribution in [0.4, 0.5) is 0 Å². The van der Waals surface area contributed by atoms with Crippen LogP contribution in [-0.4, -0.2) is 59.0 Å². The van der Waals surface area contributed by atoms with Crippen molar-refractivity contribution in [1.29, 1.82) is 0 Å². The van der Waals surface area contributed by atoms with E-state index in [4.69, 9.17) is 24.5 Å². The molecule has 0 rings (SSSR count). The van der Waals surface area contributed by atoms with E-state index in [9.17, 15) is 5.11 Å². The maximum atomic E-state index is 9.80. The molecule has 0 bridgehead atoms. The minimum atomic E-state index is -2.17. The van der Waals surface area contributed by atoms with Crippen LogP contribution in [-0.2, 0) is 9.47 Å². The summed E-state index contributed by atoms with van der Waals surface area (Å²) in [5.74, 6) is 0. The van der Waals surface area contributed by atoms with E-state index in [1.807, 2.05) is 13.8 Å². The highest BCUT2D eigenvalue weighted by Crippen LogP contribution is 2.24. The number of ether oxygens (including phenoxy) is 2. The lowest BCUT2D eigenvalue weighted by Crippen LogP contribution is -2.47. The van der Waals surface area contributed by atoms with Crippen molar-refractivity contribution in [3.8, 4) is 0 Å². The number of unbranched alkanes of at least 4 members (excludes halogenated alkanes) is 1. The molecule has 0 fully saturated rings. The van der Waals surface area contributed by atoms with Crippen LogP contribution >= 0.6 is 0 Å². The summed E-state index contributed by atoms with van der Waals surface area (Å²) in [7, 11) is -0.471. The number of aliphatic hydroxyl groups is 1. The van der Waals surface area contributed by atoms with Crippen LogP contribution in [0.25, 0.3) is 0 Å². The van der Waals surface area contributed by atoms with Crippen LogP contribution in [0.5, 0.6) is 0 Å². The van der Waals surface area contributed by atoms with Gasteiger partial charge in [0.05, 0.1) is 11.2 Å². The molecule has 0 heterocycles. The molecule has 0 aromatic carbocycles. The smallest absolute Gasteiger partial charge is 0.402 e. The van der Waals surface area contributed by atoms with Gasteiger partial charge in [0.25, 0.3) is 0 Å². The van der Waals surface area contributed by atoms with Crippen LogP contribution in [0.3, 0.4) is 0 Å². The van der Waals surface area contributed by atoms with Crippen LogP contribution < -0.4 is 0 Å². The van der Waals surface area contributed by atoms with Gasteiger partial charge in [-0.05, 0) is 40.5 Å². The highest BCUT2D eigenvalue weighted by molar-refractivity contribution is 6.30. The molecule has 0 aliphatic heterocycles. The standard InChI is InChI=1S/C11H24O3.BH3O3/c1-10(2,12)11(3,4)14-9-7-6-8-13-5;2-1(3)4/h12H,6-9H2,1-5H3;2-4H. The van der Waals surface area contributed by atoms with E-state index in [1.165, 1.54) is 0 Å². The first-order valence-corrected chi connectivity index (χ1v) is 5.94. The quantitative estimate of drug-likeness (QED) is 0.380. The minimum absolute atomic E-state index is 0.500. The maximum absolute atomic E-state index is 9.80. The fourth-order valence-corrected chi connectivity index (χ4v) is 0.852. The molecule has 0 atom stereocenters. The summed E-state index contributed by atoms with van der Waals surface area (Å²) in [6, 6.07) is 0. The molecule has 0 saturated carbocycles. The van der Waals surface area contributed by atoms with Gasteiger partial charge in [-0.2, -0.15) is 0 Å². The molecular weight excluding hydrogens is 239 g/mol. The van der Waals surface area contributed by atoms with Gasteiger partial charge in [0, 0.05) is 20.3 Å². The van der Waals surface area contributed by atoms with Crippen LogP contribution in [0.1, 0.15) is 40.5 Å². The summed E-state index contributed by atoms with van der Waals surface area (Å²) in [5.41, 5.74) is -1.31. The fourth-order valence-electron chi connectivity index (χ4n) is 0.852. The van der Waals surface area contributed by atoms with E-state index < -0.39 is 18.5 Å². The Hall–Kier alpha value is -0.175. The molecule has 0 amide bonds. The molecule has 110 valence electrons. The molecule has 0 aliphatic carbocycles. The Kier molecular flexibility index (Phi) is 10.9. The molecule has 0 aromatic heterocycles. The van der Waals surface area contributed by atoms with Gasteiger partial charge >= 0.3 is 7.32 Å². The zero-order valence-electron chi connectivity index (χ0n) is 12.0. The third kappa shape index (κ3) is 12.3. The van der Waals surface area contributed by atoms with Gasteiger partial charge in [-0.3, -0.25) is 0 Å². The number of hydrogen-bond donors (Lipinski definition) is 4. The Bertz CT molecular complexity index is 188. The summed E-state index contributed by atoms with van der Waals surface area (Å²) in [6.45, 7) is 8.78. The lowest BCUT2D eigenvalue weighted by molar-refractivity contribution is -0.148. The molecule has 0 unspecified atom stereocenters. The van der Waals surface area contributed by atoms with Crippen molar-refractivity contribution in [3.63, 3.8) is 0 Å². The van der Waals surface area contributed by atoms with E-state index in [2.05, 4.69) is 0 Å². The highest BCUT2D eigenvalue weighted by atomic mass is 16.5. The third-order valence-corrected chi connectivity index (χ3v) is 2.68. The zero-order valence-corrected chi connectivity index (χ0v) is 12.0. The van der Waals surface area contributed by atoms with Gasteiger partial charge < -0.3 is 29.7 Å². The topological polar surface area (TPSA) is 99.4 Å². The van der Waals surface area contributed by atoms with Crippen LogP contribution in [0.2, 0.25) is 0 Å². The average molecular weight is 266 g/mol. The summed E-state index contributed by atoms with van der Waals surface area (Å²) in [5, 5.41) is 31.3. The van der Waals surface area contributed by atoms with Gasteiger partial charge in [-0.1, -0.05) is 0 Å². The molecule has 0 aromatic rings. The van der Waals surface area contributed by atoms with E-state index in [-0.39, 0.29) is 0 Å². The van der Waals surface area contributed by atoms with Crippen molar-refractivity contribution in [2.24, 2.45) is 0 Å². The van der Waals surface area contributed by atoms with Crippen molar-refractivity contribution in [3.05, 3.63) is 0 Å². The monoisotopic (exact) mass is 266 g/mol. The maximum Gasteiger partial charge on any atom is 0.631 e. The SMILES string of the molecule is COCCCCOC(C)(C)C(C)(C)O.OB(O)O. The zero-order chi connectivity index (χ0) is 14.8. The predicted molar refractivity (Wildman–Crippen MR) is 69.8 cm³/mol. The second kappa shape index (κ2) is 9.72. The van der Waals surface area contributed by atoms with Gasteiger partial charge in [0.1, 0.15) is 0 Å². The predicted octanol–water partition coefficient (Wildman–Crippen LogP) is -0.0727. The first kappa shape index (κ1) is 20.1. The normalized spacial score (nSPS) is 11.8. The van der Waals surface area contributed by atoms with Gasteiger partial charge in [0.15, 0.2) is 0 Å². The Labute approximate surface area is 110 Å². The Morgan fingerprint density at radius 1 is 0.944 bits per heavy atom. The molecule has 18 heavy (non-hydrogen) atoms. The highest BCUT2D eigenvalue weighted by Gasteiger charge is 2.35. The van der Waals surface area contributed by atoms with Crippen molar-refractivity contribution in [2.45, 2.75) is 51.7 Å². The molecule has 7 heteroatoms. The number of methoxy groups -OCH3 is 1. The van der Waals surface area contributed by atoms with E-state index in [1.54, 1.807) is 21.0 Å². The third-order valence-electron chi connectivity index (χ3n) is 2.68. The summed E-state index contributed by atoms with van der Waals surface area (Å²) >= 11 is 0. The van der Waals surface area contributed by atoms with Crippen molar-refractivity contribution < 1.29 is 29.7 Å². The molecule has 0 spiro atoms. The van der Waals surface area contributed by atoms with Gasteiger partial charge in [0.2, 0.25) is 0 Å². The van der Waals surface area contributed by atoms with E-state index >= 15 is 0 Å². The van der Waals surface area contributed by atoms with E-state index in [0.29, 0.717) is 6.61 Å². The molecule has 0 saturated heterocycles. The summed E-state index contributed by atoms with van der Waals surface area (Å²) in [4.78, 5) is 0. The average Bonchev–Trinajstić information content (AvgIpc) is 2.14. The summed E-state index contributed by atoms with van der Waals surface area (Å²) in [6.07, 6.45) is 1.96.